The molecule has 0 aliphatic carbocycles. The topological polar surface area (TPSA) is 63.3 Å². The fourth-order valence-electron chi connectivity index (χ4n) is 1.92. The number of carboxylic acid groups (broad SMARTS) is 1. The SMILES string of the molecule is NC(CC(=O)O)c1ccc(F)c(-c2ccccc2)c1. The summed E-state index contributed by atoms with van der Waals surface area (Å²) in [4.78, 5) is 10.7. The highest BCUT2D eigenvalue weighted by atomic mass is 19.1. The van der Waals surface area contributed by atoms with Crippen LogP contribution in [0.15, 0.2) is 48.5 Å². The second kappa shape index (κ2) is 5.63. The highest BCUT2D eigenvalue weighted by Crippen LogP contribution is 2.26. The van der Waals surface area contributed by atoms with Crippen LogP contribution in [0.1, 0.15) is 18.0 Å². The Labute approximate surface area is 110 Å². The second-order valence-electron chi connectivity index (χ2n) is 4.31. The van der Waals surface area contributed by atoms with Gasteiger partial charge in [-0.05, 0) is 23.3 Å². The predicted molar refractivity (Wildman–Crippen MR) is 71.0 cm³/mol. The van der Waals surface area contributed by atoms with E-state index in [2.05, 4.69) is 0 Å². The molecule has 0 heterocycles. The Bertz CT molecular complexity index is 584. The third-order valence-electron chi connectivity index (χ3n) is 2.90. The number of carboxylic acids is 1. The summed E-state index contributed by atoms with van der Waals surface area (Å²) in [6, 6.07) is 12.9. The maximum absolute atomic E-state index is 13.8. The maximum Gasteiger partial charge on any atom is 0.305 e. The van der Waals surface area contributed by atoms with Crippen molar-refractivity contribution < 1.29 is 14.3 Å². The Morgan fingerprint density at radius 3 is 2.53 bits per heavy atom. The molecule has 1 atom stereocenters. The van der Waals surface area contributed by atoms with Crippen molar-refractivity contribution in [2.24, 2.45) is 5.73 Å². The van der Waals surface area contributed by atoms with Crippen molar-refractivity contribution in [3.05, 3.63) is 59.9 Å². The van der Waals surface area contributed by atoms with Crippen molar-refractivity contribution in [1.82, 2.24) is 0 Å². The second-order valence-corrected chi connectivity index (χ2v) is 4.31. The van der Waals surface area contributed by atoms with E-state index >= 15 is 0 Å². The zero-order valence-electron chi connectivity index (χ0n) is 10.2. The lowest BCUT2D eigenvalue weighted by Crippen LogP contribution is -2.15. The Morgan fingerprint density at radius 1 is 1.21 bits per heavy atom. The smallest absolute Gasteiger partial charge is 0.305 e. The molecule has 19 heavy (non-hydrogen) atoms. The van der Waals surface area contributed by atoms with Crippen molar-refractivity contribution in [2.75, 3.05) is 0 Å². The zero-order chi connectivity index (χ0) is 13.8. The van der Waals surface area contributed by atoms with Crippen molar-refractivity contribution in [2.45, 2.75) is 12.5 Å². The summed E-state index contributed by atoms with van der Waals surface area (Å²) < 4.78 is 13.8. The Hall–Kier alpha value is -2.20. The number of halogens is 1. The van der Waals surface area contributed by atoms with Crippen molar-refractivity contribution in [3.8, 4) is 11.1 Å². The molecule has 0 aliphatic rings. The van der Waals surface area contributed by atoms with Crippen LogP contribution >= 0.6 is 0 Å². The van der Waals surface area contributed by atoms with E-state index in [4.69, 9.17) is 10.8 Å². The highest BCUT2D eigenvalue weighted by molar-refractivity contribution is 5.69. The van der Waals surface area contributed by atoms with Gasteiger partial charge in [-0.2, -0.15) is 0 Å². The largest absolute Gasteiger partial charge is 0.481 e. The van der Waals surface area contributed by atoms with Gasteiger partial charge in [0, 0.05) is 11.6 Å². The molecule has 0 saturated carbocycles. The zero-order valence-corrected chi connectivity index (χ0v) is 10.2. The van der Waals surface area contributed by atoms with E-state index < -0.39 is 12.0 Å². The summed E-state index contributed by atoms with van der Waals surface area (Å²) in [5.41, 5.74) is 7.57. The third-order valence-corrected chi connectivity index (χ3v) is 2.90. The molecule has 0 bridgehead atoms. The molecule has 0 aromatic heterocycles. The van der Waals surface area contributed by atoms with Crippen LogP contribution in [0.3, 0.4) is 0 Å². The van der Waals surface area contributed by atoms with Crippen LogP contribution in [0, 0.1) is 5.82 Å². The number of rotatable bonds is 4. The summed E-state index contributed by atoms with van der Waals surface area (Å²) in [7, 11) is 0. The van der Waals surface area contributed by atoms with E-state index in [1.807, 2.05) is 18.2 Å². The van der Waals surface area contributed by atoms with E-state index in [9.17, 15) is 9.18 Å². The van der Waals surface area contributed by atoms with Gasteiger partial charge in [-0.15, -0.1) is 0 Å². The van der Waals surface area contributed by atoms with Gasteiger partial charge in [0.15, 0.2) is 0 Å². The Balaban J connectivity index is 2.38. The number of hydrogen-bond donors (Lipinski definition) is 2. The van der Waals surface area contributed by atoms with E-state index in [0.29, 0.717) is 11.1 Å². The molecular weight excluding hydrogens is 245 g/mol. The van der Waals surface area contributed by atoms with E-state index in [0.717, 1.165) is 5.56 Å². The average molecular weight is 259 g/mol. The molecule has 0 amide bonds. The van der Waals surface area contributed by atoms with Gasteiger partial charge in [0.1, 0.15) is 5.82 Å². The molecule has 0 radical (unpaired) electrons. The Morgan fingerprint density at radius 2 is 1.89 bits per heavy atom. The molecule has 4 heteroatoms. The summed E-state index contributed by atoms with van der Waals surface area (Å²) in [5.74, 6) is -1.32. The summed E-state index contributed by atoms with van der Waals surface area (Å²) in [5, 5.41) is 8.73. The number of carbonyl (C=O) groups is 1. The first-order valence-electron chi connectivity index (χ1n) is 5.90. The lowest BCUT2D eigenvalue weighted by atomic mass is 9.98. The number of nitrogens with two attached hydrogens (primary N) is 1. The van der Waals surface area contributed by atoms with Gasteiger partial charge in [-0.25, -0.2) is 4.39 Å². The molecule has 1 unspecified atom stereocenters. The molecule has 0 aliphatic heterocycles. The fraction of sp³-hybridized carbons (Fsp3) is 0.133. The first-order chi connectivity index (χ1) is 9.08. The Kier molecular flexibility index (Phi) is 3.92. The van der Waals surface area contributed by atoms with Gasteiger partial charge in [-0.3, -0.25) is 4.79 Å². The van der Waals surface area contributed by atoms with Crippen molar-refractivity contribution in [3.63, 3.8) is 0 Å². The molecule has 3 N–H and O–H groups in total. The van der Waals surface area contributed by atoms with Crippen LogP contribution in [0.25, 0.3) is 11.1 Å². The first-order valence-corrected chi connectivity index (χ1v) is 5.90. The van der Waals surface area contributed by atoms with Gasteiger partial charge in [-0.1, -0.05) is 36.4 Å². The van der Waals surface area contributed by atoms with E-state index in [-0.39, 0.29) is 12.2 Å². The quantitative estimate of drug-likeness (QED) is 0.887. The number of benzene rings is 2. The summed E-state index contributed by atoms with van der Waals surface area (Å²) >= 11 is 0. The molecule has 3 nitrogen and oxygen atoms in total. The van der Waals surface area contributed by atoms with Crippen LogP contribution < -0.4 is 5.73 Å². The standard InChI is InChI=1S/C15H14FNO2/c16-13-7-6-11(14(17)9-15(18)19)8-12(13)10-4-2-1-3-5-10/h1-8,14H,9,17H2,(H,18,19). The lowest BCUT2D eigenvalue weighted by molar-refractivity contribution is -0.137. The maximum atomic E-state index is 13.8. The molecular formula is C15H14FNO2. The van der Waals surface area contributed by atoms with Crippen molar-refractivity contribution in [1.29, 1.82) is 0 Å². The molecule has 2 aromatic rings. The van der Waals surface area contributed by atoms with Crippen LogP contribution in [-0.4, -0.2) is 11.1 Å². The van der Waals surface area contributed by atoms with Crippen LogP contribution in [-0.2, 0) is 4.79 Å². The van der Waals surface area contributed by atoms with Gasteiger partial charge >= 0.3 is 5.97 Å². The minimum absolute atomic E-state index is 0.181. The van der Waals surface area contributed by atoms with Crippen molar-refractivity contribution >= 4 is 5.97 Å². The number of aliphatic carboxylic acids is 1. The van der Waals surface area contributed by atoms with Gasteiger partial charge in [0.25, 0.3) is 0 Å². The first kappa shape index (κ1) is 13.2. The van der Waals surface area contributed by atoms with Crippen LogP contribution in [0.4, 0.5) is 4.39 Å². The monoisotopic (exact) mass is 259 g/mol. The van der Waals surface area contributed by atoms with Crippen LogP contribution in [0.2, 0.25) is 0 Å². The molecule has 0 saturated heterocycles. The van der Waals surface area contributed by atoms with Crippen LogP contribution in [0.5, 0.6) is 0 Å². The van der Waals surface area contributed by atoms with E-state index in [1.54, 1.807) is 18.2 Å². The number of hydrogen-bond acceptors (Lipinski definition) is 2. The minimum Gasteiger partial charge on any atom is -0.481 e. The average Bonchev–Trinajstić information content (AvgIpc) is 2.39. The molecule has 0 spiro atoms. The van der Waals surface area contributed by atoms with Gasteiger partial charge in [0.05, 0.1) is 6.42 Å². The molecule has 2 aromatic carbocycles. The lowest BCUT2D eigenvalue weighted by Gasteiger charge is -2.12. The molecule has 2 rings (SSSR count). The fourth-order valence-corrected chi connectivity index (χ4v) is 1.92. The van der Waals surface area contributed by atoms with E-state index in [1.165, 1.54) is 12.1 Å². The normalized spacial score (nSPS) is 12.1. The van der Waals surface area contributed by atoms with Gasteiger partial charge < -0.3 is 10.8 Å². The molecule has 98 valence electrons. The summed E-state index contributed by atoms with van der Waals surface area (Å²) in [6.07, 6.45) is -0.181. The highest BCUT2D eigenvalue weighted by Gasteiger charge is 2.13. The van der Waals surface area contributed by atoms with Gasteiger partial charge in [0.2, 0.25) is 0 Å². The third kappa shape index (κ3) is 3.17. The summed E-state index contributed by atoms with van der Waals surface area (Å²) in [6.45, 7) is 0. The minimum atomic E-state index is -0.974. The molecule has 0 fully saturated rings. The predicted octanol–water partition coefficient (Wildman–Crippen LogP) is 2.97.